The molecule has 23 heteroatoms. The molecular formula is C49H70N14O9. The van der Waals surface area contributed by atoms with E-state index in [2.05, 4.69) is 46.9 Å². The van der Waals surface area contributed by atoms with Gasteiger partial charge < -0.3 is 65.6 Å². The number of fused-ring (bicyclic) bond motifs is 1. The highest BCUT2D eigenvalue weighted by molar-refractivity contribution is 5.99. The molecule has 1 aliphatic rings. The van der Waals surface area contributed by atoms with Crippen LogP contribution in [0.1, 0.15) is 89.2 Å². The Morgan fingerprint density at radius 1 is 0.736 bits per heavy atom. The fourth-order valence-electron chi connectivity index (χ4n) is 8.35. The Hall–Kier alpha value is -7.85. The molecule has 7 atom stereocenters. The minimum atomic E-state index is -1.57. The molecule has 2 heterocycles. The third kappa shape index (κ3) is 19.2. The molecule has 390 valence electrons. The van der Waals surface area contributed by atoms with E-state index in [1.807, 2.05) is 24.3 Å². The second kappa shape index (κ2) is 28.7. The average Bonchev–Trinajstić information content (AvgIpc) is 3.74. The first-order valence-electron chi connectivity index (χ1n) is 24.1. The van der Waals surface area contributed by atoms with Gasteiger partial charge in [0.25, 0.3) is 0 Å². The molecule has 2 aromatic carbocycles. The smallest absolute Gasteiger partial charge is 0.243 e. The molecule has 1 aliphatic heterocycles. The van der Waals surface area contributed by atoms with Crippen molar-refractivity contribution < 1.29 is 43.2 Å². The maximum absolute atomic E-state index is 14.6. The van der Waals surface area contributed by atoms with E-state index in [4.69, 9.17) is 28.7 Å². The summed E-state index contributed by atoms with van der Waals surface area (Å²) in [6, 6.07) is 9.80. The lowest BCUT2D eigenvalue weighted by atomic mass is 9.83. The van der Waals surface area contributed by atoms with Crippen LogP contribution in [0.4, 0.5) is 0 Å². The number of amides is 7. The quantitative estimate of drug-likeness (QED) is 0.0459. The van der Waals surface area contributed by atoms with Crippen molar-refractivity contribution in [3.8, 4) is 0 Å². The normalized spacial score (nSPS) is 21.7. The van der Waals surface area contributed by atoms with Gasteiger partial charge >= 0.3 is 0 Å². The summed E-state index contributed by atoms with van der Waals surface area (Å²) in [5, 5.41) is 16.6. The predicted molar refractivity (Wildman–Crippen MR) is 270 cm³/mol. The molecule has 0 spiro atoms. The number of H-pyrrole nitrogens is 1. The monoisotopic (exact) mass is 999 g/mol. The Bertz CT molecular complexity index is 2430. The number of hydrogen-bond donors (Lipinski definition) is 12. The van der Waals surface area contributed by atoms with E-state index >= 15 is 0 Å². The molecule has 1 saturated heterocycles. The van der Waals surface area contributed by atoms with E-state index < -0.39 is 101 Å². The number of nitrogens with one attached hydrogen (secondary N) is 7. The van der Waals surface area contributed by atoms with Gasteiger partial charge in [0, 0.05) is 68.3 Å². The Balaban J connectivity index is 1.71. The summed E-state index contributed by atoms with van der Waals surface area (Å²) in [7, 11) is 0. The zero-order valence-electron chi connectivity index (χ0n) is 40.9. The number of Topliss-reactive ketones (excluding diaryl/α,β-unsaturated/α-hetero) is 2. The van der Waals surface area contributed by atoms with Crippen LogP contribution in [0.2, 0.25) is 0 Å². The number of guanidine groups is 2. The minimum absolute atomic E-state index is 0.00628. The van der Waals surface area contributed by atoms with Crippen LogP contribution >= 0.6 is 0 Å². The number of carbonyl (C=O) groups is 9. The number of primary amides is 1. The average molecular weight is 999 g/mol. The number of nitrogens with zero attached hydrogens (tertiary/aromatic N) is 2. The number of aliphatic imine (C=N–C) groups is 2. The van der Waals surface area contributed by atoms with Gasteiger partial charge in [0.15, 0.2) is 17.7 Å². The number of aromatic nitrogens is 1. The van der Waals surface area contributed by atoms with E-state index in [-0.39, 0.29) is 95.8 Å². The van der Waals surface area contributed by atoms with Gasteiger partial charge in [0.1, 0.15) is 30.0 Å². The topological polar surface area (TPSA) is 396 Å². The molecule has 3 aromatic rings. The first kappa shape index (κ1) is 56.7. The standard InChI is InChI=1S/C49H70N14O9/c1-28-44(69)62-38(22-30-12-4-3-5-13-30)41(66)24-31(14-10-20-56-48(51)52)40(65)25-32(23-33-27-58-35-16-7-6-15-34(33)35)45(70)61-36(43(50)68)17-8-9-19-55-42(67)26-39(47(72)59-28)63-46(71)37(60-29(2)64)18-11-21-57-49(53)54/h3-7,12-13,15-16,27-28,31-32,36-39,58H,8-11,14,17-26H2,1-2H3,(H2,50,68)(H,55,67)(H,59,72)(H,60,64)(H,61,70)(H,62,69)(H,63,71)(H4,51,52,56)(H4,53,54,57)/t28-,31+,32+,36-,37+,38+,39-/m0/s1. The molecule has 0 saturated carbocycles. The van der Waals surface area contributed by atoms with Crippen LogP contribution in [0.3, 0.4) is 0 Å². The van der Waals surface area contributed by atoms with Crippen molar-refractivity contribution in [2.24, 2.45) is 50.5 Å². The van der Waals surface area contributed by atoms with E-state index in [1.54, 1.807) is 36.5 Å². The van der Waals surface area contributed by atoms with Gasteiger partial charge in [0.2, 0.25) is 41.4 Å². The van der Waals surface area contributed by atoms with Crippen molar-refractivity contribution in [2.75, 3.05) is 19.6 Å². The number of ketones is 2. The molecule has 17 N–H and O–H groups in total. The molecule has 23 nitrogen and oxygen atoms in total. The van der Waals surface area contributed by atoms with Crippen LogP contribution in [-0.4, -0.2) is 120 Å². The van der Waals surface area contributed by atoms with E-state index in [9.17, 15) is 43.2 Å². The Morgan fingerprint density at radius 3 is 2.08 bits per heavy atom. The van der Waals surface area contributed by atoms with Crippen molar-refractivity contribution in [3.63, 3.8) is 0 Å². The van der Waals surface area contributed by atoms with Crippen LogP contribution in [-0.2, 0) is 56.0 Å². The molecule has 72 heavy (non-hydrogen) atoms. The third-order valence-corrected chi connectivity index (χ3v) is 12.2. The van der Waals surface area contributed by atoms with E-state index in [1.165, 1.54) is 13.8 Å². The van der Waals surface area contributed by atoms with Gasteiger partial charge in [-0.15, -0.1) is 0 Å². The molecular weight excluding hydrogens is 929 g/mol. The van der Waals surface area contributed by atoms with Crippen LogP contribution in [0.5, 0.6) is 0 Å². The maximum atomic E-state index is 14.6. The van der Waals surface area contributed by atoms with Gasteiger partial charge in [-0.25, -0.2) is 0 Å². The highest BCUT2D eigenvalue weighted by Gasteiger charge is 2.35. The van der Waals surface area contributed by atoms with Crippen molar-refractivity contribution in [1.82, 2.24) is 36.9 Å². The molecule has 7 amide bonds. The summed E-state index contributed by atoms with van der Waals surface area (Å²) in [5.41, 5.74) is 30.0. The largest absolute Gasteiger partial charge is 0.370 e. The predicted octanol–water partition coefficient (Wildman–Crippen LogP) is -1.15. The van der Waals surface area contributed by atoms with Crippen LogP contribution in [0.15, 0.2) is 70.8 Å². The van der Waals surface area contributed by atoms with Crippen molar-refractivity contribution in [2.45, 2.75) is 121 Å². The number of benzene rings is 2. The second-order valence-electron chi connectivity index (χ2n) is 18.0. The van der Waals surface area contributed by atoms with Crippen LogP contribution in [0.25, 0.3) is 10.9 Å². The fraction of sp³-hybridized carbons (Fsp3) is 0.490. The van der Waals surface area contributed by atoms with Crippen LogP contribution < -0.4 is 60.6 Å². The summed E-state index contributed by atoms with van der Waals surface area (Å²) in [5.74, 6) is -8.47. The van der Waals surface area contributed by atoms with Crippen molar-refractivity contribution >= 4 is 75.7 Å². The van der Waals surface area contributed by atoms with E-state index in [0.717, 1.165) is 16.5 Å². The summed E-state index contributed by atoms with van der Waals surface area (Å²) in [6.45, 7) is 2.88. The van der Waals surface area contributed by atoms with Gasteiger partial charge in [-0.05, 0) is 81.9 Å². The number of nitrogens with two attached hydrogens (primary N) is 5. The lowest BCUT2D eigenvalue weighted by Crippen LogP contribution is -2.58. The third-order valence-electron chi connectivity index (χ3n) is 12.2. The Kier molecular flexibility index (Phi) is 22.6. The van der Waals surface area contributed by atoms with Crippen molar-refractivity contribution in [3.05, 3.63) is 71.9 Å². The summed E-state index contributed by atoms with van der Waals surface area (Å²) in [4.78, 5) is 135. The highest BCUT2D eigenvalue weighted by Crippen LogP contribution is 2.26. The Labute approximate surface area is 417 Å². The highest BCUT2D eigenvalue weighted by atomic mass is 16.2. The molecule has 1 aromatic heterocycles. The summed E-state index contributed by atoms with van der Waals surface area (Å²) < 4.78 is 0. The SMILES string of the molecule is CC(=O)N[C@H](CCCN=C(N)N)C(=O)N[C@H]1CC(=O)NCCCC[C@@H](C(N)=O)NC(=O)[C@H](Cc2c[nH]c3ccccc23)CC(=O)[C@H](CCCN=C(N)N)CC(=O)[C@@H](Cc2ccccc2)NC(=O)[C@H](C)NC1=O. The van der Waals surface area contributed by atoms with Gasteiger partial charge in [-0.3, -0.25) is 53.1 Å². The number of aromatic amines is 1. The first-order chi connectivity index (χ1) is 34.3. The zero-order valence-corrected chi connectivity index (χ0v) is 40.9. The number of rotatable bonds is 16. The van der Waals surface area contributed by atoms with E-state index in [0.29, 0.717) is 12.0 Å². The summed E-state index contributed by atoms with van der Waals surface area (Å²) in [6.07, 6.45) is 1.91. The van der Waals surface area contributed by atoms with Gasteiger partial charge in [-0.2, -0.15) is 0 Å². The molecule has 0 unspecified atom stereocenters. The summed E-state index contributed by atoms with van der Waals surface area (Å²) >= 11 is 0. The second-order valence-corrected chi connectivity index (χ2v) is 18.0. The van der Waals surface area contributed by atoms with Gasteiger partial charge in [0.05, 0.1) is 12.5 Å². The number of hydrogen-bond acceptors (Lipinski definition) is 11. The maximum Gasteiger partial charge on any atom is 0.243 e. The zero-order chi connectivity index (χ0) is 52.7. The molecule has 1 fully saturated rings. The molecule has 4 rings (SSSR count). The number of para-hydroxylation sites is 1. The molecule has 0 bridgehead atoms. The van der Waals surface area contributed by atoms with Crippen LogP contribution in [0, 0.1) is 11.8 Å². The Morgan fingerprint density at radius 2 is 1.40 bits per heavy atom. The lowest BCUT2D eigenvalue weighted by Gasteiger charge is -2.26. The lowest BCUT2D eigenvalue weighted by molar-refractivity contribution is -0.136. The first-order valence-corrected chi connectivity index (χ1v) is 24.1. The molecule has 0 aliphatic carbocycles. The number of carbonyl (C=O) groups excluding carboxylic acids is 9. The van der Waals surface area contributed by atoms with Gasteiger partial charge in [-0.1, -0.05) is 48.5 Å². The molecule has 0 radical (unpaired) electrons. The van der Waals surface area contributed by atoms with Crippen molar-refractivity contribution in [1.29, 1.82) is 0 Å². The fourth-order valence-corrected chi connectivity index (χ4v) is 8.35. The minimum Gasteiger partial charge on any atom is -0.370 e.